The molecule has 1 aliphatic rings. The van der Waals surface area contributed by atoms with Gasteiger partial charge in [0, 0.05) is 31.8 Å². The molecule has 3 heteroatoms. The smallest absolute Gasteiger partial charge is 0.0478 e. The molecule has 0 radical (unpaired) electrons. The highest BCUT2D eigenvalue weighted by molar-refractivity contribution is 4.82. The van der Waals surface area contributed by atoms with Gasteiger partial charge < -0.3 is 15.4 Å². The molecule has 1 saturated carbocycles. The van der Waals surface area contributed by atoms with Crippen molar-refractivity contribution in [2.45, 2.75) is 51.6 Å². The fraction of sp³-hybridized carbons (Fsp3) is 1.00. The minimum atomic E-state index is 0.580. The van der Waals surface area contributed by atoms with E-state index in [1.807, 2.05) is 0 Å². The molecule has 1 atom stereocenters. The van der Waals surface area contributed by atoms with Crippen molar-refractivity contribution in [2.75, 3.05) is 26.3 Å². The monoisotopic (exact) mass is 214 g/mol. The Labute approximate surface area is 94.0 Å². The summed E-state index contributed by atoms with van der Waals surface area (Å²) in [6, 6.07) is 1.40. The molecule has 0 aromatic carbocycles. The molecule has 15 heavy (non-hydrogen) atoms. The molecular weight excluding hydrogens is 188 g/mol. The highest BCUT2D eigenvalue weighted by atomic mass is 16.5. The van der Waals surface area contributed by atoms with Gasteiger partial charge in [0.05, 0.1) is 0 Å². The van der Waals surface area contributed by atoms with Crippen molar-refractivity contribution >= 4 is 0 Å². The maximum absolute atomic E-state index is 5.42. The summed E-state index contributed by atoms with van der Waals surface area (Å²) in [6.07, 6.45) is 4.98. The molecule has 1 unspecified atom stereocenters. The van der Waals surface area contributed by atoms with Gasteiger partial charge in [0.25, 0.3) is 0 Å². The van der Waals surface area contributed by atoms with Crippen LogP contribution in [0, 0.1) is 0 Å². The third-order valence-corrected chi connectivity index (χ3v) is 2.60. The van der Waals surface area contributed by atoms with Gasteiger partial charge in [0.1, 0.15) is 0 Å². The molecule has 0 aromatic heterocycles. The van der Waals surface area contributed by atoms with Gasteiger partial charge >= 0.3 is 0 Å². The van der Waals surface area contributed by atoms with Crippen LogP contribution in [0.1, 0.15) is 39.5 Å². The van der Waals surface area contributed by atoms with Crippen LogP contribution in [0.4, 0.5) is 0 Å². The molecule has 0 amide bonds. The highest BCUT2D eigenvalue weighted by Crippen LogP contribution is 2.18. The molecule has 0 spiro atoms. The predicted molar refractivity (Wildman–Crippen MR) is 64.2 cm³/mol. The molecule has 90 valence electrons. The summed E-state index contributed by atoms with van der Waals surface area (Å²) >= 11 is 0. The zero-order chi connectivity index (χ0) is 10.9. The van der Waals surface area contributed by atoms with Gasteiger partial charge in [-0.2, -0.15) is 0 Å². The number of hydrogen-bond acceptors (Lipinski definition) is 3. The minimum absolute atomic E-state index is 0.580. The van der Waals surface area contributed by atoms with Crippen molar-refractivity contribution in [2.24, 2.45) is 0 Å². The lowest BCUT2D eigenvalue weighted by atomic mass is 10.3. The Kier molecular flexibility index (Phi) is 6.98. The van der Waals surface area contributed by atoms with Crippen molar-refractivity contribution in [1.82, 2.24) is 10.6 Å². The third-order valence-electron chi connectivity index (χ3n) is 2.60. The van der Waals surface area contributed by atoms with Crippen LogP contribution >= 0.6 is 0 Å². The molecule has 0 saturated heterocycles. The molecule has 3 nitrogen and oxygen atoms in total. The Balaban J connectivity index is 1.77. The van der Waals surface area contributed by atoms with Crippen LogP contribution in [-0.2, 0) is 4.74 Å². The standard InChI is InChI=1S/C12H26N2O/c1-3-8-15-9-4-7-13-11(2)10-14-12-5-6-12/h11-14H,3-10H2,1-2H3. The molecule has 0 heterocycles. The van der Waals surface area contributed by atoms with Crippen LogP contribution < -0.4 is 10.6 Å². The van der Waals surface area contributed by atoms with Gasteiger partial charge in [-0.15, -0.1) is 0 Å². The summed E-state index contributed by atoms with van der Waals surface area (Å²) in [5, 5.41) is 7.02. The molecular formula is C12H26N2O. The number of hydrogen-bond donors (Lipinski definition) is 2. The molecule has 0 bridgehead atoms. The Morgan fingerprint density at radius 3 is 2.80 bits per heavy atom. The summed E-state index contributed by atoms with van der Waals surface area (Å²) < 4.78 is 5.42. The lowest BCUT2D eigenvalue weighted by Gasteiger charge is -2.14. The quantitative estimate of drug-likeness (QED) is 0.541. The number of ether oxygens (including phenoxy) is 1. The fourth-order valence-electron chi connectivity index (χ4n) is 1.47. The van der Waals surface area contributed by atoms with Crippen LogP contribution in [0.15, 0.2) is 0 Å². The largest absolute Gasteiger partial charge is 0.381 e. The second kappa shape index (κ2) is 8.08. The highest BCUT2D eigenvalue weighted by Gasteiger charge is 2.20. The van der Waals surface area contributed by atoms with Gasteiger partial charge in [-0.05, 0) is 39.2 Å². The van der Waals surface area contributed by atoms with E-state index in [9.17, 15) is 0 Å². The molecule has 1 rings (SSSR count). The van der Waals surface area contributed by atoms with E-state index >= 15 is 0 Å². The van der Waals surface area contributed by atoms with Crippen molar-refractivity contribution in [3.63, 3.8) is 0 Å². The Morgan fingerprint density at radius 1 is 1.33 bits per heavy atom. The van der Waals surface area contributed by atoms with Gasteiger partial charge in [0.2, 0.25) is 0 Å². The lowest BCUT2D eigenvalue weighted by Crippen LogP contribution is -2.37. The van der Waals surface area contributed by atoms with E-state index in [1.54, 1.807) is 0 Å². The second-order valence-electron chi connectivity index (χ2n) is 4.50. The van der Waals surface area contributed by atoms with E-state index in [2.05, 4.69) is 24.5 Å². The van der Waals surface area contributed by atoms with Gasteiger partial charge in [0.15, 0.2) is 0 Å². The molecule has 0 aromatic rings. The van der Waals surface area contributed by atoms with Crippen LogP contribution in [0.5, 0.6) is 0 Å². The van der Waals surface area contributed by atoms with Crippen LogP contribution in [0.2, 0.25) is 0 Å². The lowest BCUT2D eigenvalue weighted by molar-refractivity contribution is 0.131. The predicted octanol–water partition coefficient (Wildman–Crippen LogP) is 1.53. The van der Waals surface area contributed by atoms with Gasteiger partial charge in [-0.1, -0.05) is 6.92 Å². The first kappa shape index (κ1) is 12.9. The Morgan fingerprint density at radius 2 is 2.13 bits per heavy atom. The van der Waals surface area contributed by atoms with E-state index in [-0.39, 0.29) is 0 Å². The summed E-state index contributed by atoms with van der Waals surface area (Å²) in [5.74, 6) is 0. The minimum Gasteiger partial charge on any atom is -0.381 e. The molecule has 1 fully saturated rings. The Hall–Kier alpha value is -0.120. The van der Waals surface area contributed by atoms with E-state index in [1.165, 1.54) is 12.8 Å². The topological polar surface area (TPSA) is 33.3 Å². The van der Waals surface area contributed by atoms with Gasteiger partial charge in [-0.3, -0.25) is 0 Å². The van der Waals surface area contributed by atoms with E-state index in [0.29, 0.717) is 6.04 Å². The van der Waals surface area contributed by atoms with Gasteiger partial charge in [-0.25, -0.2) is 0 Å². The first-order valence-corrected chi connectivity index (χ1v) is 6.37. The molecule has 0 aliphatic heterocycles. The maximum Gasteiger partial charge on any atom is 0.0478 e. The van der Waals surface area contributed by atoms with Crippen molar-refractivity contribution in [1.29, 1.82) is 0 Å². The van der Waals surface area contributed by atoms with E-state index in [0.717, 1.165) is 45.2 Å². The SMILES string of the molecule is CCCOCCCNC(C)CNC1CC1. The summed E-state index contributed by atoms with van der Waals surface area (Å²) in [6.45, 7) is 8.34. The third kappa shape index (κ3) is 7.77. The van der Waals surface area contributed by atoms with E-state index < -0.39 is 0 Å². The summed E-state index contributed by atoms with van der Waals surface area (Å²) in [7, 11) is 0. The molecule has 2 N–H and O–H groups in total. The van der Waals surface area contributed by atoms with Crippen molar-refractivity contribution in [3.8, 4) is 0 Å². The van der Waals surface area contributed by atoms with Crippen molar-refractivity contribution in [3.05, 3.63) is 0 Å². The Bertz CT molecular complexity index is 149. The first-order chi connectivity index (χ1) is 7.33. The van der Waals surface area contributed by atoms with E-state index in [4.69, 9.17) is 4.74 Å². The average Bonchev–Trinajstić information content (AvgIpc) is 3.04. The fourth-order valence-corrected chi connectivity index (χ4v) is 1.47. The van der Waals surface area contributed by atoms with Crippen LogP contribution in [0.25, 0.3) is 0 Å². The maximum atomic E-state index is 5.42. The van der Waals surface area contributed by atoms with Crippen molar-refractivity contribution < 1.29 is 4.74 Å². The second-order valence-corrected chi connectivity index (χ2v) is 4.50. The molecule has 1 aliphatic carbocycles. The summed E-state index contributed by atoms with van der Waals surface area (Å²) in [4.78, 5) is 0. The normalized spacial score (nSPS) is 18.0. The zero-order valence-electron chi connectivity index (χ0n) is 10.2. The van der Waals surface area contributed by atoms with Crippen LogP contribution in [0.3, 0.4) is 0 Å². The zero-order valence-corrected chi connectivity index (χ0v) is 10.2. The first-order valence-electron chi connectivity index (χ1n) is 6.37. The summed E-state index contributed by atoms with van der Waals surface area (Å²) in [5.41, 5.74) is 0. The number of rotatable bonds is 10. The number of nitrogens with one attached hydrogen (secondary N) is 2. The van der Waals surface area contributed by atoms with Crippen LogP contribution in [-0.4, -0.2) is 38.4 Å². The average molecular weight is 214 g/mol.